The first kappa shape index (κ1) is 13.5. The topological polar surface area (TPSA) is 26.0 Å². The summed E-state index contributed by atoms with van der Waals surface area (Å²) in [4.78, 5) is 1.93. The summed E-state index contributed by atoms with van der Waals surface area (Å²) in [5.41, 5.74) is 6.62. The molecule has 0 spiro atoms. The Bertz CT molecular complexity index is 550. The Labute approximate surface area is 115 Å². The summed E-state index contributed by atoms with van der Waals surface area (Å²) in [5.74, 6) is -0.00797. The third kappa shape index (κ3) is 2.58. The highest BCUT2D eigenvalue weighted by Gasteiger charge is 2.15. The van der Waals surface area contributed by atoms with Crippen molar-refractivity contribution in [1.29, 1.82) is 0 Å². The molecule has 4 heteroatoms. The molecule has 0 saturated carbocycles. The predicted octanol–water partition coefficient (Wildman–Crippen LogP) is 4.86. The van der Waals surface area contributed by atoms with Crippen LogP contribution in [0, 0.1) is 11.7 Å². The van der Waals surface area contributed by atoms with Gasteiger partial charge in [0.1, 0.15) is 5.82 Å². The normalized spacial score (nSPS) is 13.0. The summed E-state index contributed by atoms with van der Waals surface area (Å²) in [6.45, 7) is 4.15. The fourth-order valence-electron chi connectivity index (χ4n) is 1.70. The van der Waals surface area contributed by atoms with E-state index in [1.807, 2.05) is 12.1 Å². The molecule has 2 aromatic rings. The first-order chi connectivity index (χ1) is 8.50. The molecule has 0 amide bonds. The standard InChI is InChI=1S/C14H15ClFNS/c1-8(2)14(17)12-7-6-11(18-12)9-4-3-5-10(15)13(9)16/h3-8,14H,17H2,1-2H3. The highest BCUT2D eigenvalue weighted by molar-refractivity contribution is 7.15. The van der Waals surface area contributed by atoms with Gasteiger partial charge in [0.25, 0.3) is 0 Å². The van der Waals surface area contributed by atoms with E-state index in [1.54, 1.807) is 18.2 Å². The van der Waals surface area contributed by atoms with Gasteiger partial charge >= 0.3 is 0 Å². The molecule has 0 fully saturated rings. The van der Waals surface area contributed by atoms with Crippen molar-refractivity contribution in [3.05, 3.63) is 46.0 Å². The quantitative estimate of drug-likeness (QED) is 0.855. The van der Waals surface area contributed by atoms with Gasteiger partial charge in [-0.05, 0) is 24.1 Å². The summed E-state index contributed by atoms with van der Waals surface area (Å²) in [6.07, 6.45) is 0. The molecule has 0 bridgehead atoms. The number of hydrogen-bond donors (Lipinski definition) is 1. The highest BCUT2D eigenvalue weighted by atomic mass is 35.5. The number of thiophene rings is 1. The number of rotatable bonds is 3. The largest absolute Gasteiger partial charge is 0.323 e. The second-order valence-electron chi connectivity index (χ2n) is 4.57. The van der Waals surface area contributed by atoms with Gasteiger partial charge in [0.15, 0.2) is 0 Å². The van der Waals surface area contributed by atoms with Crippen LogP contribution in [0.1, 0.15) is 24.8 Å². The Balaban J connectivity index is 2.38. The van der Waals surface area contributed by atoms with Gasteiger partial charge in [-0.15, -0.1) is 11.3 Å². The molecule has 1 atom stereocenters. The molecule has 0 aliphatic carbocycles. The van der Waals surface area contributed by atoms with Crippen molar-refractivity contribution >= 4 is 22.9 Å². The fourth-order valence-corrected chi connectivity index (χ4v) is 3.08. The van der Waals surface area contributed by atoms with Crippen LogP contribution in [0.3, 0.4) is 0 Å². The van der Waals surface area contributed by atoms with E-state index in [-0.39, 0.29) is 16.9 Å². The van der Waals surface area contributed by atoms with Gasteiger partial charge in [-0.25, -0.2) is 4.39 Å². The lowest BCUT2D eigenvalue weighted by molar-refractivity contribution is 0.521. The Kier molecular flexibility index (Phi) is 4.05. The second kappa shape index (κ2) is 5.39. The minimum Gasteiger partial charge on any atom is -0.323 e. The van der Waals surface area contributed by atoms with Crippen LogP contribution in [-0.2, 0) is 0 Å². The lowest BCUT2D eigenvalue weighted by Gasteiger charge is -2.12. The van der Waals surface area contributed by atoms with Crippen molar-refractivity contribution in [3.8, 4) is 10.4 Å². The van der Waals surface area contributed by atoms with Crippen molar-refractivity contribution in [3.63, 3.8) is 0 Å². The van der Waals surface area contributed by atoms with E-state index in [0.29, 0.717) is 11.5 Å². The Morgan fingerprint density at radius 2 is 1.94 bits per heavy atom. The maximum atomic E-state index is 13.9. The smallest absolute Gasteiger partial charge is 0.150 e. The molecule has 1 aromatic heterocycles. The zero-order valence-electron chi connectivity index (χ0n) is 10.3. The average molecular weight is 284 g/mol. The van der Waals surface area contributed by atoms with Gasteiger partial charge in [-0.1, -0.05) is 37.6 Å². The zero-order chi connectivity index (χ0) is 13.3. The first-order valence-electron chi connectivity index (χ1n) is 5.80. The van der Waals surface area contributed by atoms with Gasteiger partial charge in [-0.3, -0.25) is 0 Å². The molecule has 18 heavy (non-hydrogen) atoms. The molecular weight excluding hydrogens is 269 g/mol. The van der Waals surface area contributed by atoms with E-state index in [2.05, 4.69) is 13.8 Å². The second-order valence-corrected chi connectivity index (χ2v) is 6.10. The van der Waals surface area contributed by atoms with Gasteiger partial charge in [0.2, 0.25) is 0 Å². The van der Waals surface area contributed by atoms with E-state index in [9.17, 15) is 4.39 Å². The molecule has 0 aliphatic rings. The molecule has 1 heterocycles. The monoisotopic (exact) mass is 283 g/mol. The third-order valence-corrected chi connectivity index (χ3v) is 4.40. The van der Waals surface area contributed by atoms with Crippen LogP contribution < -0.4 is 5.73 Å². The fraction of sp³-hybridized carbons (Fsp3) is 0.286. The highest BCUT2D eigenvalue weighted by Crippen LogP contribution is 2.35. The molecule has 2 rings (SSSR count). The summed E-state index contributed by atoms with van der Waals surface area (Å²) in [6, 6.07) is 8.89. The minimum atomic E-state index is -0.370. The van der Waals surface area contributed by atoms with Crippen molar-refractivity contribution in [1.82, 2.24) is 0 Å². The number of nitrogens with two attached hydrogens (primary N) is 1. The molecule has 1 nitrogen and oxygen atoms in total. The Morgan fingerprint density at radius 1 is 1.22 bits per heavy atom. The summed E-state index contributed by atoms with van der Waals surface area (Å²) in [5, 5.41) is 0.149. The third-order valence-electron chi connectivity index (χ3n) is 2.89. The maximum absolute atomic E-state index is 13.9. The Morgan fingerprint density at radius 3 is 2.61 bits per heavy atom. The summed E-state index contributed by atoms with van der Waals surface area (Å²) in [7, 11) is 0. The summed E-state index contributed by atoms with van der Waals surface area (Å²) < 4.78 is 13.9. The molecule has 1 aromatic carbocycles. The van der Waals surface area contributed by atoms with Gasteiger partial charge < -0.3 is 5.73 Å². The van der Waals surface area contributed by atoms with Crippen molar-refractivity contribution < 1.29 is 4.39 Å². The van der Waals surface area contributed by atoms with E-state index in [0.717, 1.165) is 9.75 Å². The van der Waals surface area contributed by atoms with Gasteiger partial charge in [-0.2, -0.15) is 0 Å². The van der Waals surface area contributed by atoms with Crippen LogP contribution in [0.15, 0.2) is 30.3 Å². The first-order valence-corrected chi connectivity index (χ1v) is 7.00. The van der Waals surface area contributed by atoms with Crippen LogP contribution in [0.4, 0.5) is 4.39 Å². The lowest BCUT2D eigenvalue weighted by atomic mass is 10.0. The average Bonchev–Trinajstić information content (AvgIpc) is 2.80. The zero-order valence-corrected chi connectivity index (χ0v) is 11.9. The number of hydrogen-bond acceptors (Lipinski definition) is 2. The minimum absolute atomic E-state index is 0.00834. The molecule has 1 unspecified atom stereocenters. The summed E-state index contributed by atoms with van der Waals surface area (Å²) >= 11 is 7.31. The van der Waals surface area contributed by atoms with Crippen LogP contribution in [0.5, 0.6) is 0 Å². The molecule has 2 N–H and O–H groups in total. The van der Waals surface area contributed by atoms with Gasteiger partial charge in [0.05, 0.1) is 5.02 Å². The van der Waals surface area contributed by atoms with E-state index >= 15 is 0 Å². The van der Waals surface area contributed by atoms with Crippen molar-refractivity contribution in [2.75, 3.05) is 0 Å². The van der Waals surface area contributed by atoms with Crippen molar-refractivity contribution in [2.45, 2.75) is 19.9 Å². The molecule has 0 aliphatic heterocycles. The van der Waals surface area contributed by atoms with Crippen LogP contribution in [-0.4, -0.2) is 0 Å². The molecule has 0 saturated heterocycles. The molecule has 96 valence electrons. The van der Waals surface area contributed by atoms with Crippen LogP contribution in [0.25, 0.3) is 10.4 Å². The van der Waals surface area contributed by atoms with Crippen LogP contribution in [0.2, 0.25) is 5.02 Å². The SMILES string of the molecule is CC(C)C(N)c1ccc(-c2cccc(Cl)c2F)s1. The Hall–Kier alpha value is -0.900. The van der Waals surface area contributed by atoms with E-state index < -0.39 is 0 Å². The molecular formula is C14H15ClFNS. The number of benzene rings is 1. The van der Waals surface area contributed by atoms with Crippen LogP contribution >= 0.6 is 22.9 Å². The van der Waals surface area contributed by atoms with Gasteiger partial charge in [0, 0.05) is 21.4 Å². The van der Waals surface area contributed by atoms with Crippen molar-refractivity contribution in [2.24, 2.45) is 11.7 Å². The maximum Gasteiger partial charge on any atom is 0.150 e. The number of halogens is 2. The lowest BCUT2D eigenvalue weighted by Crippen LogP contribution is -2.14. The molecule has 0 radical (unpaired) electrons. The predicted molar refractivity (Wildman–Crippen MR) is 76.5 cm³/mol. The van der Waals surface area contributed by atoms with E-state index in [1.165, 1.54) is 11.3 Å². The van der Waals surface area contributed by atoms with E-state index in [4.69, 9.17) is 17.3 Å².